The molecule has 1 fully saturated rings. The highest BCUT2D eigenvalue weighted by molar-refractivity contribution is 7.99. The lowest BCUT2D eigenvalue weighted by atomic mass is 9.94. The molecule has 1 atom stereocenters. The van der Waals surface area contributed by atoms with Gasteiger partial charge >= 0.3 is 0 Å². The normalized spacial score (nSPS) is 21.2. The number of hydrogen-bond acceptors (Lipinski definition) is 5. The van der Waals surface area contributed by atoms with E-state index in [0.29, 0.717) is 24.0 Å². The van der Waals surface area contributed by atoms with Crippen LogP contribution >= 0.6 is 11.8 Å². The summed E-state index contributed by atoms with van der Waals surface area (Å²) in [4.78, 5) is 15.5. The Morgan fingerprint density at radius 3 is 2.75 bits per heavy atom. The lowest BCUT2D eigenvalue weighted by molar-refractivity contribution is -0.118. The molecule has 2 aliphatic rings. The summed E-state index contributed by atoms with van der Waals surface area (Å²) >= 11 is 1.57. The van der Waals surface area contributed by atoms with E-state index in [0.717, 1.165) is 17.9 Å². The van der Waals surface area contributed by atoms with Crippen molar-refractivity contribution in [3.8, 4) is 0 Å². The number of hydrogen-bond donors (Lipinski definition) is 2. The maximum absolute atomic E-state index is 12.7. The molecule has 0 radical (unpaired) electrons. The summed E-state index contributed by atoms with van der Waals surface area (Å²) < 4.78 is 28.0. The fourth-order valence-corrected chi connectivity index (χ4v) is 5.88. The van der Waals surface area contributed by atoms with Crippen LogP contribution in [0.4, 0.5) is 5.69 Å². The number of sulfonamides is 1. The number of benzene rings is 1. The standard InChI is InChI=1S/C20H31N3O3S2/c1-15-14-27-19-10-9-17(13-18(19)22-20(15)24)28(25,26)21-11-6-12-23(2)16-7-4-3-5-8-16/h9-10,13,15-16,21H,3-8,11-12,14H2,1-2H3,(H,22,24). The van der Waals surface area contributed by atoms with Crippen LogP contribution in [0.25, 0.3) is 0 Å². The van der Waals surface area contributed by atoms with Gasteiger partial charge in [0.1, 0.15) is 0 Å². The molecule has 0 bridgehead atoms. The zero-order valence-corrected chi connectivity index (χ0v) is 18.4. The molecule has 0 aromatic heterocycles. The highest BCUT2D eigenvalue weighted by atomic mass is 32.2. The quantitative estimate of drug-likeness (QED) is 0.656. The third-order valence-electron chi connectivity index (χ3n) is 5.63. The van der Waals surface area contributed by atoms with Crippen molar-refractivity contribution in [1.29, 1.82) is 0 Å². The average Bonchev–Trinajstić information content (AvgIpc) is 2.83. The van der Waals surface area contributed by atoms with Gasteiger partial charge < -0.3 is 10.2 Å². The van der Waals surface area contributed by atoms with E-state index in [2.05, 4.69) is 22.0 Å². The van der Waals surface area contributed by atoms with Gasteiger partial charge in [-0.25, -0.2) is 13.1 Å². The number of rotatable bonds is 7. The molecule has 0 saturated heterocycles. The van der Waals surface area contributed by atoms with Gasteiger partial charge in [-0.15, -0.1) is 11.8 Å². The van der Waals surface area contributed by atoms with E-state index in [1.165, 1.54) is 32.1 Å². The minimum Gasteiger partial charge on any atom is -0.325 e. The molecule has 1 unspecified atom stereocenters. The van der Waals surface area contributed by atoms with E-state index in [1.54, 1.807) is 30.0 Å². The van der Waals surface area contributed by atoms with Gasteiger partial charge in [-0.3, -0.25) is 4.79 Å². The third kappa shape index (κ3) is 5.49. The highest BCUT2D eigenvalue weighted by Crippen LogP contribution is 2.34. The van der Waals surface area contributed by atoms with Crippen molar-refractivity contribution in [2.24, 2.45) is 5.92 Å². The second-order valence-corrected chi connectivity index (χ2v) is 10.7. The number of thioether (sulfide) groups is 1. The minimum absolute atomic E-state index is 0.0699. The predicted molar refractivity (Wildman–Crippen MR) is 114 cm³/mol. The molecule has 3 rings (SSSR count). The van der Waals surface area contributed by atoms with Gasteiger partial charge in [0.2, 0.25) is 15.9 Å². The van der Waals surface area contributed by atoms with Crippen LogP contribution in [-0.2, 0) is 14.8 Å². The number of anilines is 1. The van der Waals surface area contributed by atoms with Crippen molar-refractivity contribution < 1.29 is 13.2 Å². The molecule has 1 aromatic carbocycles. The van der Waals surface area contributed by atoms with Crippen molar-refractivity contribution in [1.82, 2.24) is 9.62 Å². The maximum Gasteiger partial charge on any atom is 0.240 e. The molecule has 1 heterocycles. The second-order valence-electron chi connectivity index (χ2n) is 7.88. The van der Waals surface area contributed by atoms with Gasteiger partial charge in [-0.2, -0.15) is 0 Å². The highest BCUT2D eigenvalue weighted by Gasteiger charge is 2.23. The molecule has 1 amide bonds. The van der Waals surface area contributed by atoms with Crippen LogP contribution in [-0.4, -0.2) is 51.2 Å². The predicted octanol–water partition coefficient (Wildman–Crippen LogP) is 3.30. The maximum atomic E-state index is 12.7. The lowest BCUT2D eigenvalue weighted by Crippen LogP contribution is -2.35. The fourth-order valence-electron chi connectivity index (χ4n) is 3.77. The summed E-state index contributed by atoms with van der Waals surface area (Å²) in [6.07, 6.45) is 7.21. The molecule has 1 saturated carbocycles. The molecule has 28 heavy (non-hydrogen) atoms. The number of amides is 1. The Bertz CT molecular complexity index is 792. The van der Waals surface area contributed by atoms with E-state index in [4.69, 9.17) is 0 Å². The van der Waals surface area contributed by atoms with E-state index in [1.807, 2.05) is 6.92 Å². The van der Waals surface area contributed by atoms with E-state index in [9.17, 15) is 13.2 Å². The minimum atomic E-state index is -3.59. The Hall–Kier alpha value is -1.09. The van der Waals surface area contributed by atoms with E-state index in [-0.39, 0.29) is 16.7 Å². The first-order valence-corrected chi connectivity index (χ1v) is 12.6. The summed E-state index contributed by atoms with van der Waals surface area (Å²) in [5.74, 6) is 0.522. The summed E-state index contributed by atoms with van der Waals surface area (Å²) in [5, 5.41) is 2.84. The van der Waals surface area contributed by atoms with Crippen LogP contribution in [0.1, 0.15) is 45.4 Å². The van der Waals surface area contributed by atoms with E-state index >= 15 is 0 Å². The summed E-state index contributed by atoms with van der Waals surface area (Å²) in [6, 6.07) is 5.60. The third-order valence-corrected chi connectivity index (χ3v) is 8.43. The molecule has 2 N–H and O–H groups in total. The van der Waals surface area contributed by atoms with Crippen LogP contribution in [0.15, 0.2) is 28.0 Å². The molecule has 8 heteroatoms. The molecule has 1 aliphatic heterocycles. The second kappa shape index (κ2) is 9.61. The van der Waals surface area contributed by atoms with Crippen molar-refractivity contribution in [3.05, 3.63) is 18.2 Å². The van der Waals surface area contributed by atoms with Crippen LogP contribution in [0.2, 0.25) is 0 Å². The summed E-state index contributed by atoms with van der Waals surface area (Å²) in [7, 11) is -1.45. The van der Waals surface area contributed by atoms with Crippen molar-refractivity contribution >= 4 is 33.4 Å². The van der Waals surface area contributed by atoms with Crippen molar-refractivity contribution in [2.75, 3.05) is 31.2 Å². The molecule has 156 valence electrons. The Morgan fingerprint density at radius 1 is 1.25 bits per heavy atom. The number of carbonyl (C=O) groups is 1. The first-order valence-electron chi connectivity index (χ1n) is 10.1. The van der Waals surface area contributed by atoms with Gasteiger partial charge in [0, 0.05) is 29.2 Å². The number of carbonyl (C=O) groups excluding carboxylic acids is 1. The first-order chi connectivity index (χ1) is 13.4. The first kappa shape index (κ1) is 21.6. The number of nitrogens with one attached hydrogen (secondary N) is 2. The van der Waals surface area contributed by atoms with Gasteiger partial charge in [0.05, 0.1) is 10.6 Å². The summed E-state index contributed by atoms with van der Waals surface area (Å²) in [5.41, 5.74) is 0.583. The molecule has 0 spiro atoms. The van der Waals surface area contributed by atoms with Crippen LogP contribution in [0.5, 0.6) is 0 Å². The van der Waals surface area contributed by atoms with E-state index < -0.39 is 10.0 Å². The number of nitrogens with zero attached hydrogens (tertiary/aromatic N) is 1. The molecule has 1 aromatic rings. The van der Waals surface area contributed by atoms with Crippen LogP contribution < -0.4 is 10.0 Å². The zero-order valence-electron chi connectivity index (χ0n) is 16.7. The number of fused-ring (bicyclic) bond motifs is 1. The molecular weight excluding hydrogens is 394 g/mol. The summed E-state index contributed by atoms with van der Waals surface area (Å²) in [6.45, 7) is 3.17. The molecule has 6 nitrogen and oxygen atoms in total. The fraction of sp³-hybridized carbons (Fsp3) is 0.650. The van der Waals surface area contributed by atoms with Crippen molar-refractivity contribution in [3.63, 3.8) is 0 Å². The van der Waals surface area contributed by atoms with Crippen LogP contribution in [0, 0.1) is 5.92 Å². The van der Waals surface area contributed by atoms with Crippen molar-refractivity contribution in [2.45, 2.75) is 61.3 Å². The average molecular weight is 426 g/mol. The zero-order chi connectivity index (χ0) is 20.1. The molecule has 1 aliphatic carbocycles. The van der Waals surface area contributed by atoms with Gasteiger partial charge in [0.15, 0.2) is 0 Å². The van der Waals surface area contributed by atoms with Crippen LogP contribution in [0.3, 0.4) is 0 Å². The monoisotopic (exact) mass is 425 g/mol. The smallest absolute Gasteiger partial charge is 0.240 e. The largest absolute Gasteiger partial charge is 0.325 e. The SMILES string of the molecule is CC1CSc2ccc(S(=O)(=O)NCCCN(C)C3CCCCC3)cc2NC1=O. The van der Waals surface area contributed by atoms with Gasteiger partial charge in [0.25, 0.3) is 0 Å². The Balaban J connectivity index is 1.54. The Kier molecular flexibility index (Phi) is 7.42. The Labute approximate surface area is 172 Å². The molecular formula is C20H31N3O3S2. The van der Waals surface area contributed by atoms with Gasteiger partial charge in [-0.1, -0.05) is 26.2 Å². The Morgan fingerprint density at radius 2 is 2.00 bits per heavy atom. The topological polar surface area (TPSA) is 78.5 Å². The van der Waals surface area contributed by atoms with Gasteiger partial charge in [-0.05, 0) is 51.1 Å². The lowest BCUT2D eigenvalue weighted by Gasteiger charge is -2.31.